The molecule has 0 radical (unpaired) electrons. The Bertz CT molecular complexity index is 2440. The Kier molecular flexibility index (Phi) is 7.14. The minimum absolute atomic E-state index is 0.0688. The normalized spacial score (nSPS) is 11.7. The molecule has 0 amide bonds. The van der Waals surface area contributed by atoms with Gasteiger partial charge in [-0.15, -0.1) is 0 Å². The van der Waals surface area contributed by atoms with Gasteiger partial charge >= 0.3 is 0 Å². The smallest absolute Gasteiger partial charge is 0.231 e. The number of nitrogens with zero attached hydrogens (tertiary/aromatic N) is 2. The van der Waals surface area contributed by atoms with Crippen molar-refractivity contribution >= 4 is 22.0 Å². The van der Waals surface area contributed by atoms with Crippen molar-refractivity contribution in [1.29, 1.82) is 0 Å². The zero-order chi connectivity index (χ0) is 32.8. The Morgan fingerprint density at radius 3 is 1.88 bits per heavy atom. The zero-order valence-corrected chi connectivity index (χ0v) is 27.1. The van der Waals surface area contributed by atoms with Gasteiger partial charge in [0.25, 0.3) is 0 Å². The second-order valence-corrected chi connectivity index (χ2v) is 13.2. The van der Waals surface area contributed by atoms with Gasteiger partial charge in [0, 0.05) is 22.7 Å². The van der Waals surface area contributed by atoms with Crippen molar-refractivity contribution in [2.24, 2.45) is 0 Å². The summed E-state index contributed by atoms with van der Waals surface area (Å²) in [7, 11) is 0. The summed E-state index contributed by atoms with van der Waals surface area (Å²) in [4.78, 5) is 9.93. The van der Waals surface area contributed by atoms with E-state index >= 15 is 0 Å². The van der Waals surface area contributed by atoms with E-state index in [0.29, 0.717) is 17.0 Å². The molecule has 0 aliphatic carbocycles. The molecular formula is C44H34N2O2. The summed E-state index contributed by atoms with van der Waals surface area (Å²) in [6.07, 6.45) is 1.91. The van der Waals surface area contributed by atoms with Crippen LogP contribution < -0.4 is 0 Å². The SMILES string of the molecule is CC(C)(C)c1cc(-c2cccc(-c3cc(-c4ccccc4)cc4oc(-c5ccccc5O)nc34)c2)c2nccc(-c3ccccc3)c2c1. The molecule has 0 aliphatic heterocycles. The van der Waals surface area contributed by atoms with Crippen molar-refractivity contribution in [3.8, 4) is 61.7 Å². The molecule has 8 aromatic rings. The molecule has 0 fully saturated rings. The maximum absolute atomic E-state index is 10.6. The molecule has 0 aliphatic rings. The van der Waals surface area contributed by atoms with E-state index in [2.05, 4.69) is 112 Å². The molecule has 2 aromatic heterocycles. The van der Waals surface area contributed by atoms with E-state index < -0.39 is 0 Å². The number of aromatic hydroxyl groups is 1. The van der Waals surface area contributed by atoms with Gasteiger partial charge in [-0.05, 0) is 92.9 Å². The van der Waals surface area contributed by atoms with Crippen molar-refractivity contribution in [3.63, 3.8) is 0 Å². The molecule has 0 bridgehead atoms. The predicted octanol–water partition coefficient (Wildman–Crippen LogP) is 11.7. The van der Waals surface area contributed by atoms with Crippen LogP contribution in [-0.2, 0) is 5.41 Å². The third-order valence-corrected chi connectivity index (χ3v) is 9.02. The summed E-state index contributed by atoms with van der Waals surface area (Å²) in [6, 6.07) is 47.5. The van der Waals surface area contributed by atoms with Crippen molar-refractivity contribution in [3.05, 3.63) is 151 Å². The molecule has 0 saturated carbocycles. The van der Waals surface area contributed by atoms with Crippen LogP contribution in [0.15, 0.2) is 150 Å². The first-order chi connectivity index (χ1) is 23.3. The van der Waals surface area contributed by atoms with Gasteiger partial charge in [0.2, 0.25) is 5.89 Å². The lowest BCUT2D eigenvalue weighted by Gasteiger charge is -2.22. The number of benzene rings is 6. The molecule has 2 heterocycles. The largest absolute Gasteiger partial charge is 0.507 e. The van der Waals surface area contributed by atoms with Gasteiger partial charge in [0.15, 0.2) is 5.58 Å². The molecule has 0 atom stereocenters. The van der Waals surface area contributed by atoms with E-state index in [0.717, 1.165) is 49.8 Å². The van der Waals surface area contributed by atoms with E-state index in [-0.39, 0.29) is 11.2 Å². The number of phenolic OH excluding ortho intramolecular Hbond substituents is 1. The summed E-state index contributed by atoms with van der Waals surface area (Å²) in [5, 5.41) is 11.8. The van der Waals surface area contributed by atoms with E-state index in [4.69, 9.17) is 14.4 Å². The fourth-order valence-corrected chi connectivity index (χ4v) is 6.45. The first-order valence-electron chi connectivity index (χ1n) is 16.2. The number of aromatic nitrogens is 2. The van der Waals surface area contributed by atoms with E-state index in [1.54, 1.807) is 12.1 Å². The van der Waals surface area contributed by atoms with E-state index in [1.165, 1.54) is 16.7 Å². The van der Waals surface area contributed by atoms with Crippen LogP contribution in [0.4, 0.5) is 0 Å². The van der Waals surface area contributed by atoms with Crippen LogP contribution in [-0.4, -0.2) is 15.1 Å². The Morgan fingerprint density at radius 1 is 0.521 bits per heavy atom. The molecule has 1 N–H and O–H groups in total. The number of oxazole rings is 1. The highest BCUT2D eigenvalue weighted by Crippen LogP contribution is 2.41. The molecule has 8 rings (SSSR count). The highest BCUT2D eigenvalue weighted by molar-refractivity contribution is 6.03. The minimum Gasteiger partial charge on any atom is -0.507 e. The Balaban J connectivity index is 1.36. The number of para-hydroxylation sites is 1. The summed E-state index contributed by atoms with van der Waals surface area (Å²) in [6.45, 7) is 6.77. The quantitative estimate of drug-likeness (QED) is 0.207. The molecule has 4 nitrogen and oxygen atoms in total. The van der Waals surface area contributed by atoms with Crippen molar-refractivity contribution in [2.75, 3.05) is 0 Å². The van der Waals surface area contributed by atoms with Gasteiger partial charge in [0.1, 0.15) is 11.3 Å². The first kappa shape index (κ1) is 29.4. The average molecular weight is 623 g/mol. The van der Waals surface area contributed by atoms with E-state index in [9.17, 15) is 5.11 Å². The third kappa shape index (κ3) is 5.31. The van der Waals surface area contributed by atoms with Crippen molar-refractivity contribution in [1.82, 2.24) is 9.97 Å². The van der Waals surface area contributed by atoms with Crippen LogP contribution >= 0.6 is 0 Å². The standard InChI is InChI=1S/C44H34N2O2/c1-44(2,3)33-26-37(41-38(27-33)34(21-22-45-41)29-15-8-5-9-16-29)31-18-12-17-30(23-31)36-24-32(28-13-6-4-7-14-28)25-40-42(36)46-43(48-40)35-19-10-11-20-39(35)47/h4-27,47H,1-3H3. The van der Waals surface area contributed by atoms with Gasteiger partial charge in [-0.25, -0.2) is 4.98 Å². The summed E-state index contributed by atoms with van der Waals surface area (Å²) < 4.78 is 6.36. The third-order valence-electron chi connectivity index (χ3n) is 9.02. The summed E-state index contributed by atoms with van der Waals surface area (Å²) in [5.74, 6) is 0.510. The first-order valence-corrected chi connectivity index (χ1v) is 16.2. The van der Waals surface area contributed by atoms with Gasteiger partial charge in [0.05, 0.1) is 11.1 Å². The lowest BCUT2D eigenvalue weighted by molar-refractivity contribution is 0.474. The maximum atomic E-state index is 10.6. The second-order valence-electron chi connectivity index (χ2n) is 13.2. The summed E-state index contributed by atoms with van der Waals surface area (Å²) in [5.41, 5.74) is 12.7. The molecule has 48 heavy (non-hydrogen) atoms. The van der Waals surface area contributed by atoms with Crippen LogP contribution in [0.2, 0.25) is 0 Å². The van der Waals surface area contributed by atoms with Crippen molar-refractivity contribution in [2.45, 2.75) is 26.2 Å². The Hall–Kier alpha value is -6.00. The molecular weight excluding hydrogens is 588 g/mol. The topological polar surface area (TPSA) is 59.2 Å². The minimum atomic E-state index is -0.0688. The number of hydrogen-bond acceptors (Lipinski definition) is 4. The fraction of sp³-hybridized carbons (Fsp3) is 0.0909. The Morgan fingerprint density at radius 2 is 1.17 bits per heavy atom. The molecule has 0 spiro atoms. The second kappa shape index (κ2) is 11.7. The van der Waals surface area contributed by atoms with Gasteiger partial charge in [-0.2, -0.15) is 0 Å². The van der Waals surface area contributed by atoms with Crippen LogP contribution in [0.5, 0.6) is 5.75 Å². The van der Waals surface area contributed by atoms with Crippen LogP contribution in [0.1, 0.15) is 26.3 Å². The number of rotatable bonds is 5. The molecule has 232 valence electrons. The van der Waals surface area contributed by atoms with Crippen LogP contribution in [0.25, 0.3) is 78.0 Å². The lowest BCUT2D eigenvalue weighted by atomic mass is 9.83. The zero-order valence-electron chi connectivity index (χ0n) is 27.1. The average Bonchev–Trinajstić information content (AvgIpc) is 3.55. The Labute approximate surface area is 280 Å². The number of fused-ring (bicyclic) bond motifs is 2. The van der Waals surface area contributed by atoms with Crippen LogP contribution in [0.3, 0.4) is 0 Å². The molecule has 4 heteroatoms. The molecule has 0 saturated heterocycles. The van der Waals surface area contributed by atoms with E-state index in [1.807, 2.05) is 42.6 Å². The molecule has 0 unspecified atom stereocenters. The number of hydrogen-bond donors (Lipinski definition) is 1. The molecule has 6 aromatic carbocycles. The fourth-order valence-electron chi connectivity index (χ4n) is 6.45. The monoisotopic (exact) mass is 622 g/mol. The summed E-state index contributed by atoms with van der Waals surface area (Å²) >= 11 is 0. The lowest BCUT2D eigenvalue weighted by Crippen LogP contribution is -2.11. The maximum Gasteiger partial charge on any atom is 0.231 e. The van der Waals surface area contributed by atoms with Gasteiger partial charge < -0.3 is 9.52 Å². The highest BCUT2D eigenvalue weighted by Gasteiger charge is 2.21. The predicted molar refractivity (Wildman–Crippen MR) is 197 cm³/mol. The van der Waals surface area contributed by atoms with Crippen molar-refractivity contribution < 1.29 is 9.52 Å². The van der Waals surface area contributed by atoms with Gasteiger partial charge in [-0.3, -0.25) is 4.98 Å². The van der Waals surface area contributed by atoms with Gasteiger partial charge in [-0.1, -0.05) is 112 Å². The number of pyridine rings is 1. The van der Waals surface area contributed by atoms with Crippen LogP contribution in [0, 0.1) is 0 Å². The number of phenols is 1. The highest BCUT2D eigenvalue weighted by atomic mass is 16.3.